The molecule has 0 heterocycles. The molecule has 0 saturated heterocycles. The van der Waals surface area contributed by atoms with Crippen LogP contribution in [0.1, 0.15) is 20.8 Å². The molecule has 0 aliphatic carbocycles. The third-order valence-electron chi connectivity index (χ3n) is 2.28. The Labute approximate surface area is 100 Å². The molecule has 0 rings (SSSR count). The molecule has 0 spiro atoms. The van der Waals surface area contributed by atoms with Crippen molar-refractivity contribution in [1.29, 1.82) is 0 Å². The maximum atomic E-state index is 11.6. The molecule has 6 heteroatoms. The fourth-order valence-electron chi connectivity index (χ4n) is 1.24. The molecule has 0 fully saturated rings. The van der Waals surface area contributed by atoms with Crippen molar-refractivity contribution in [3.05, 3.63) is 0 Å². The fraction of sp³-hybridized carbons (Fsp3) is 0.800. The van der Waals surface area contributed by atoms with Gasteiger partial charge in [-0.3, -0.25) is 9.59 Å². The van der Waals surface area contributed by atoms with Crippen LogP contribution in [-0.2, 0) is 9.59 Å². The number of rotatable bonds is 5. The average molecular weight is 248 g/mol. The first-order valence-electron chi connectivity index (χ1n) is 4.97. The Morgan fingerprint density at radius 3 is 2.12 bits per heavy atom. The summed E-state index contributed by atoms with van der Waals surface area (Å²) in [6.45, 7) is 5.22. The maximum absolute atomic E-state index is 11.6. The summed E-state index contributed by atoms with van der Waals surface area (Å²) < 4.78 is -0.684. The van der Waals surface area contributed by atoms with Crippen LogP contribution < -0.4 is 5.73 Å². The van der Waals surface area contributed by atoms with Gasteiger partial charge in [-0.1, -0.05) is 0 Å². The molecule has 0 bridgehead atoms. The SMILES string of the molecule is CC(SC(C)(C)[C@H](N)C(=O)O)C(=O)N(C)C. The lowest BCUT2D eigenvalue weighted by molar-refractivity contribution is -0.139. The van der Waals surface area contributed by atoms with Gasteiger partial charge in [-0.05, 0) is 20.8 Å². The molecule has 16 heavy (non-hydrogen) atoms. The summed E-state index contributed by atoms with van der Waals surface area (Å²) in [5.41, 5.74) is 5.57. The van der Waals surface area contributed by atoms with Crippen LogP contribution in [0.25, 0.3) is 0 Å². The van der Waals surface area contributed by atoms with Crippen molar-refractivity contribution >= 4 is 23.6 Å². The van der Waals surface area contributed by atoms with Crippen molar-refractivity contribution in [2.24, 2.45) is 5.73 Å². The predicted molar refractivity (Wildman–Crippen MR) is 65.4 cm³/mol. The highest BCUT2D eigenvalue weighted by Crippen LogP contribution is 2.31. The van der Waals surface area contributed by atoms with Crippen molar-refractivity contribution < 1.29 is 14.7 Å². The Bertz CT molecular complexity index is 279. The van der Waals surface area contributed by atoms with E-state index in [4.69, 9.17) is 10.8 Å². The van der Waals surface area contributed by atoms with E-state index in [1.807, 2.05) is 0 Å². The third-order valence-corrected chi connectivity index (χ3v) is 3.70. The number of amides is 1. The van der Waals surface area contributed by atoms with Gasteiger partial charge in [0, 0.05) is 18.8 Å². The van der Waals surface area contributed by atoms with Gasteiger partial charge in [-0.25, -0.2) is 0 Å². The quantitative estimate of drug-likeness (QED) is 0.735. The highest BCUT2D eigenvalue weighted by molar-refractivity contribution is 8.02. The van der Waals surface area contributed by atoms with Crippen LogP contribution >= 0.6 is 11.8 Å². The number of aliphatic carboxylic acids is 1. The number of carboxylic acid groups (broad SMARTS) is 1. The van der Waals surface area contributed by atoms with Gasteiger partial charge in [0.15, 0.2) is 0 Å². The summed E-state index contributed by atoms with van der Waals surface area (Å²) in [5.74, 6) is -1.10. The van der Waals surface area contributed by atoms with Crippen LogP contribution in [0.15, 0.2) is 0 Å². The van der Waals surface area contributed by atoms with E-state index in [2.05, 4.69) is 0 Å². The van der Waals surface area contributed by atoms with E-state index in [1.54, 1.807) is 34.9 Å². The number of carbonyl (C=O) groups is 2. The lowest BCUT2D eigenvalue weighted by Crippen LogP contribution is -2.48. The molecule has 0 saturated carbocycles. The standard InChI is InChI=1S/C10H20N2O3S/c1-6(8(13)12(4)5)16-10(2,3)7(11)9(14)15/h6-7H,11H2,1-5H3,(H,14,15)/t6?,7-/m1/s1. The Morgan fingerprint density at radius 1 is 1.38 bits per heavy atom. The number of nitrogens with two attached hydrogens (primary N) is 1. The zero-order valence-corrected chi connectivity index (χ0v) is 11.2. The van der Waals surface area contributed by atoms with E-state index >= 15 is 0 Å². The number of hydrogen-bond donors (Lipinski definition) is 2. The molecular formula is C10H20N2O3S. The van der Waals surface area contributed by atoms with Gasteiger partial charge in [0.25, 0.3) is 0 Å². The first kappa shape index (κ1) is 15.2. The van der Waals surface area contributed by atoms with Gasteiger partial charge >= 0.3 is 5.97 Å². The van der Waals surface area contributed by atoms with Crippen LogP contribution in [0, 0.1) is 0 Å². The Balaban J connectivity index is 4.59. The molecule has 0 aromatic rings. The van der Waals surface area contributed by atoms with Crippen LogP contribution in [0.4, 0.5) is 0 Å². The summed E-state index contributed by atoms with van der Waals surface area (Å²) in [6, 6.07) is -0.991. The minimum absolute atomic E-state index is 0.0457. The average Bonchev–Trinajstić information content (AvgIpc) is 2.14. The molecule has 2 atom stereocenters. The summed E-state index contributed by atoms with van der Waals surface area (Å²) in [5, 5.41) is 8.53. The van der Waals surface area contributed by atoms with Gasteiger partial charge in [0.1, 0.15) is 6.04 Å². The number of carbonyl (C=O) groups excluding carboxylic acids is 1. The number of hydrogen-bond acceptors (Lipinski definition) is 4. The monoisotopic (exact) mass is 248 g/mol. The van der Waals surface area contributed by atoms with Crippen molar-refractivity contribution in [2.45, 2.75) is 36.8 Å². The van der Waals surface area contributed by atoms with E-state index < -0.39 is 16.8 Å². The first-order chi connectivity index (χ1) is 7.09. The van der Waals surface area contributed by atoms with Crippen molar-refractivity contribution in [2.75, 3.05) is 14.1 Å². The minimum atomic E-state index is -1.05. The number of nitrogens with zero attached hydrogens (tertiary/aromatic N) is 1. The molecule has 94 valence electrons. The molecule has 1 unspecified atom stereocenters. The van der Waals surface area contributed by atoms with Crippen molar-refractivity contribution in [1.82, 2.24) is 4.90 Å². The zero-order valence-electron chi connectivity index (χ0n) is 10.4. The molecule has 3 N–H and O–H groups in total. The van der Waals surface area contributed by atoms with E-state index in [9.17, 15) is 9.59 Å². The maximum Gasteiger partial charge on any atom is 0.321 e. The second-order valence-corrected chi connectivity index (χ2v) is 6.41. The lowest BCUT2D eigenvalue weighted by Gasteiger charge is -2.31. The van der Waals surface area contributed by atoms with Crippen molar-refractivity contribution in [3.8, 4) is 0 Å². The molecule has 0 aliphatic heterocycles. The predicted octanol–water partition coefficient (Wildman–Crippen LogP) is 0.387. The summed E-state index contributed by atoms with van der Waals surface area (Å²) >= 11 is 1.28. The summed E-state index contributed by atoms with van der Waals surface area (Å²) in [4.78, 5) is 23.9. The molecule has 5 nitrogen and oxygen atoms in total. The zero-order chi connectivity index (χ0) is 13.1. The summed E-state index contributed by atoms with van der Waals surface area (Å²) in [6.07, 6.45) is 0. The smallest absolute Gasteiger partial charge is 0.321 e. The lowest BCUT2D eigenvalue weighted by atomic mass is 10.1. The van der Waals surface area contributed by atoms with E-state index in [-0.39, 0.29) is 11.2 Å². The van der Waals surface area contributed by atoms with Crippen LogP contribution in [-0.4, -0.2) is 52.0 Å². The van der Waals surface area contributed by atoms with E-state index in [0.29, 0.717) is 0 Å². The van der Waals surface area contributed by atoms with Crippen LogP contribution in [0.2, 0.25) is 0 Å². The van der Waals surface area contributed by atoms with Gasteiger partial charge in [-0.15, -0.1) is 11.8 Å². The highest BCUT2D eigenvalue weighted by Gasteiger charge is 2.35. The molecule has 0 aromatic heterocycles. The minimum Gasteiger partial charge on any atom is -0.480 e. The number of carboxylic acids is 1. The molecule has 1 amide bonds. The van der Waals surface area contributed by atoms with Gasteiger partial charge in [0.2, 0.25) is 5.91 Å². The van der Waals surface area contributed by atoms with Crippen LogP contribution in [0.3, 0.4) is 0 Å². The van der Waals surface area contributed by atoms with Gasteiger partial charge in [-0.2, -0.15) is 0 Å². The van der Waals surface area contributed by atoms with Crippen LogP contribution in [0.5, 0.6) is 0 Å². The normalized spacial score (nSPS) is 15.4. The third kappa shape index (κ3) is 4.02. The molecular weight excluding hydrogens is 228 g/mol. The fourth-order valence-corrected chi connectivity index (χ4v) is 2.71. The molecule has 0 radical (unpaired) electrons. The second kappa shape index (κ2) is 5.54. The van der Waals surface area contributed by atoms with E-state index in [0.717, 1.165) is 0 Å². The Morgan fingerprint density at radius 2 is 1.81 bits per heavy atom. The highest BCUT2D eigenvalue weighted by atomic mass is 32.2. The largest absolute Gasteiger partial charge is 0.480 e. The topological polar surface area (TPSA) is 83.6 Å². The second-order valence-electron chi connectivity index (χ2n) is 4.41. The van der Waals surface area contributed by atoms with E-state index in [1.165, 1.54) is 16.7 Å². The Kier molecular flexibility index (Phi) is 5.28. The first-order valence-corrected chi connectivity index (χ1v) is 5.85. The van der Waals surface area contributed by atoms with Gasteiger partial charge < -0.3 is 15.7 Å². The van der Waals surface area contributed by atoms with Crippen molar-refractivity contribution in [3.63, 3.8) is 0 Å². The summed E-state index contributed by atoms with van der Waals surface area (Å²) in [7, 11) is 3.34. The number of thioether (sulfide) groups is 1. The Hall–Kier alpha value is -0.750. The molecule has 0 aromatic carbocycles. The molecule has 0 aliphatic rings. The van der Waals surface area contributed by atoms with Gasteiger partial charge in [0.05, 0.1) is 5.25 Å².